The van der Waals surface area contributed by atoms with Crippen molar-refractivity contribution in [2.75, 3.05) is 30.0 Å². The highest BCUT2D eigenvalue weighted by atomic mass is 32.2. The molecule has 0 spiro atoms. The van der Waals surface area contributed by atoms with Gasteiger partial charge in [-0.2, -0.15) is 11.8 Å². The van der Waals surface area contributed by atoms with Crippen LogP contribution in [0.3, 0.4) is 0 Å². The maximum absolute atomic E-state index is 12.7. The molecular weight excluding hydrogens is 400 g/mol. The van der Waals surface area contributed by atoms with Crippen LogP contribution in [0, 0.1) is 0 Å². The third-order valence-electron chi connectivity index (χ3n) is 4.03. The average molecular weight is 427 g/mol. The van der Waals surface area contributed by atoms with Crippen molar-refractivity contribution >= 4 is 33.4 Å². The largest absolute Gasteiger partial charge is 0.497 e. The molecule has 0 saturated heterocycles. The van der Waals surface area contributed by atoms with Crippen LogP contribution in [0.5, 0.6) is 5.75 Å². The van der Waals surface area contributed by atoms with Gasteiger partial charge in [0.2, 0.25) is 15.9 Å². The van der Waals surface area contributed by atoms with Gasteiger partial charge in [-0.05, 0) is 42.8 Å². The Hall–Kier alpha value is -2.13. The molecule has 9 heteroatoms. The second-order valence-corrected chi connectivity index (χ2v) is 9.07. The normalized spacial score (nSPS) is 12.4. The number of ether oxygens (including phenoxy) is 1. The summed E-state index contributed by atoms with van der Waals surface area (Å²) in [5, 5.41) is 2.84. The molecular formula is C19H26N2O5S2. The maximum Gasteiger partial charge on any atom is 0.243 e. The third-order valence-corrected chi connectivity index (χ3v) is 6.19. The molecule has 1 aromatic carbocycles. The van der Waals surface area contributed by atoms with Crippen molar-refractivity contribution in [3.8, 4) is 5.75 Å². The number of sulfonamides is 1. The summed E-state index contributed by atoms with van der Waals surface area (Å²) in [5.41, 5.74) is 0.428. The minimum absolute atomic E-state index is 0.317. The van der Waals surface area contributed by atoms with E-state index in [1.54, 1.807) is 49.2 Å². The molecule has 1 heterocycles. The van der Waals surface area contributed by atoms with Gasteiger partial charge in [-0.15, -0.1) is 0 Å². The Kier molecular flexibility index (Phi) is 8.25. The van der Waals surface area contributed by atoms with Gasteiger partial charge in [0.1, 0.15) is 17.6 Å². The first kappa shape index (κ1) is 22.2. The van der Waals surface area contributed by atoms with Crippen LogP contribution in [0.25, 0.3) is 0 Å². The molecule has 1 aromatic heterocycles. The van der Waals surface area contributed by atoms with E-state index < -0.39 is 16.1 Å². The lowest BCUT2D eigenvalue weighted by Crippen LogP contribution is -2.49. The summed E-state index contributed by atoms with van der Waals surface area (Å²) < 4.78 is 36.3. The van der Waals surface area contributed by atoms with Crippen LogP contribution in [0.15, 0.2) is 47.1 Å². The van der Waals surface area contributed by atoms with E-state index in [1.165, 1.54) is 7.11 Å². The highest BCUT2D eigenvalue weighted by Gasteiger charge is 2.31. The van der Waals surface area contributed by atoms with E-state index in [2.05, 4.69) is 5.32 Å². The van der Waals surface area contributed by atoms with Gasteiger partial charge >= 0.3 is 0 Å². The number of methoxy groups -OCH3 is 1. The zero-order chi connectivity index (χ0) is 20.6. The molecule has 7 nitrogen and oxygen atoms in total. The third kappa shape index (κ3) is 6.20. The Morgan fingerprint density at radius 2 is 2.00 bits per heavy atom. The SMILES string of the molecule is CCC(C(=O)NCCSCc1ccco1)N(c1ccc(OC)cc1)S(C)(=O)=O. The van der Waals surface area contributed by atoms with E-state index in [4.69, 9.17) is 9.15 Å². The molecule has 0 fully saturated rings. The fourth-order valence-electron chi connectivity index (χ4n) is 2.72. The number of hydrogen-bond acceptors (Lipinski definition) is 6. The summed E-state index contributed by atoms with van der Waals surface area (Å²) in [5.74, 6) is 2.60. The molecule has 1 amide bonds. The van der Waals surface area contributed by atoms with Crippen LogP contribution in [-0.2, 0) is 20.6 Å². The highest BCUT2D eigenvalue weighted by Crippen LogP contribution is 2.25. The first-order valence-electron chi connectivity index (χ1n) is 8.88. The van der Waals surface area contributed by atoms with Gasteiger partial charge in [0.25, 0.3) is 0 Å². The molecule has 1 N–H and O–H groups in total. The summed E-state index contributed by atoms with van der Waals surface area (Å²) in [7, 11) is -2.11. The lowest BCUT2D eigenvalue weighted by molar-refractivity contribution is -0.122. The smallest absolute Gasteiger partial charge is 0.243 e. The molecule has 0 aliphatic heterocycles. The number of amides is 1. The number of nitrogens with one attached hydrogen (secondary N) is 1. The number of rotatable bonds is 11. The lowest BCUT2D eigenvalue weighted by Gasteiger charge is -2.30. The minimum Gasteiger partial charge on any atom is -0.497 e. The van der Waals surface area contributed by atoms with Gasteiger partial charge in [0.15, 0.2) is 0 Å². The molecule has 1 atom stereocenters. The van der Waals surface area contributed by atoms with Crippen molar-refractivity contribution in [2.24, 2.45) is 0 Å². The Balaban J connectivity index is 2.00. The van der Waals surface area contributed by atoms with Gasteiger partial charge in [-0.25, -0.2) is 8.42 Å². The summed E-state index contributed by atoms with van der Waals surface area (Å²) in [6.07, 6.45) is 3.08. The summed E-state index contributed by atoms with van der Waals surface area (Å²) in [4.78, 5) is 12.7. The maximum atomic E-state index is 12.7. The van der Waals surface area contributed by atoms with Crippen LogP contribution in [-0.4, -0.2) is 46.0 Å². The fraction of sp³-hybridized carbons (Fsp3) is 0.421. The van der Waals surface area contributed by atoms with Gasteiger partial charge < -0.3 is 14.5 Å². The first-order chi connectivity index (χ1) is 13.4. The van der Waals surface area contributed by atoms with Crippen molar-refractivity contribution < 1.29 is 22.4 Å². The van der Waals surface area contributed by atoms with E-state index in [0.717, 1.165) is 22.1 Å². The molecule has 2 rings (SSSR count). The van der Waals surface area contributed by atoms with Crippen molar-refractivity contribution in [1.29, 1.82) is 0 Å². The molecule has 2 aromatic rings. The number of thioether (sulfide) groups is 1. The lowest BCUT2D eigenvalue weighted by atomic mass is 10.2. The molecule has 0 bridgehead atoms. The minimum atomic E-state index is -3.64. The first-order valence-corrected chi connectivity index (χ1v) is 11.9. The summed E-state index contributed by atoms with van der Waals surface area (Å²) in [6, 6.07) is 9.52. The van der Waals surface area contributed by atoms with Crippen LogP contribution in [0.1, 0.15) is 19.1 Å². The Bertz CT molecular complexity index is 836. The highest BCUT2D eigenvalue weighted by molar-refractivity contribution is 7.98. The standard InChI is InChI=1S/C19H26N2O5S2/c1-4-18(19(22)20-11-13-27-14-17-6-5-12-26-17)21(28(3,23)24)15-7-9-16(25-2)10-8-15/h5-10,12,18H,4,11,13-14H2,1-3H3,(H,20,22). The molecule has 0 radical (unpaired) electrons. The number of anilines is 1. The van der Waals surface area contributed by atoms with E-state index in [1.807, 2.05) is 12.1 Å². The van der Waals surface area contributed by atoms with Gasteiger partial charge in [0, 0.05) is 12.3 Å². The number of carbonyl (C=O) groups excluding carboxylic acids is 1. The zero-order valence-corrected chi connectivity index (χ0v) is 17.9. The van der Waals surface area contributed by atoms with Crippen molar-refractivity contribution in [3.63, 3.8) is 0 Å². The molecule has 28 heavy (non-hydrogen) atoms. The molecule has 0 aliphatic rings. The quantitative estimate of drug-likeness (QED) is 0.556. The van der Waals surface area contributed by atoms with Crippen LogP contribution < -0.4 is 14.4 Å². The number of furan rings is 1. The summed E-state index contributed by atoms with van der Waals surface area (Å²) in [6.45, 7) is 2.23. The van der Waals surface area contributed by atoms with Crippen LogP contribution in [0.4, 0.5) is 5.69 Å². The Morgan fingerprint density at radius 3 is 2.54 bits per heavy atom. The molecule has 1 unspecified atom stereocenters. The van der Waals surface area contributed by atoms with Crippen molar-refractivity contribution in [2.45, 2.75) is 25.1 Å². The zero-order valence-electron chi connectivity index (χ0n) is 16.3. The monoisotopic (exact) mass is 426 g/mol. The molecule has 0 aliphatic carbocycles. The van der Waals surface area contributed by atoms with Crippen molar-refractivity contribution in [3.05, 3.63) is 48.4 Å². The Labute approximate surface area is 170 Å². The average Bonchev–Trinajstić information content (AvgIpc) is 3.18. The van der Waals surface area contributed by atoms with E-state index in [9.17, 15) is 13.2 Å². The second kappa shape index (κ2) is 10.4. The number of benzene rings is 1. The molecule has 154 valence electrons. The van der Waals surface area contributed by atoms with Crippen LogP contribution >= 0.6 is 11.8 Å². The molecule has 0 saturated carbocycles. The topological polar surface area (TPSA) is 88.8 Å². The predicted octanol–water partition coefficient (Wildman–Crippen LogP) is 2.88. The number of hydrogen-bond donors (Lipinski definition) is 1. The second-order valence-electron chi connectivity index (χ2n) is 6.10. The van der Waals surface area contributed by atoms with E-state index in [0.29, 0.717) is 30.2 Å². The number of carbonyl (C=O) groups is 1. The predicted molar refractivity (Wildman–Crippen MR) is 112 cm³/mol. The van der Waals surface area contributed by atoms with Gasteiger partial charge in [0.05, 0.1) is 31.1 Å². The van der Waals surface area contributed by atoms with Crippen LogP contribution in [0.2, 0.25) is 0 Å². The summed E-state index contributed by atoms with van der Waals surface area (Å²) >= 11 is 1.63. The van der Waals surface area contributed by atoms with E-state index >= 15 is 0 Å². The van der Waals surface area contributed by atoms with Crippen molar-refractivity contribution in [1.82, 2.24) is 5.32 Å². The number of nitrogens with zero attached hydrogens (tertiary/aromatic N) is 1. The Morgan fingerprint density at radius 1 is 1.29 bits per heavy atom. The fourth-order valence-corrected chi connectivity index (χ4v) is 4.69. The van der Waals surface area contributed by atoms with Gasteiger partial charge in [-0.1, -0.05) is 6.92 Å². The van der Waals surface area contributed by atoms with Gasteiger partial charge in [-0.3, -0.25) is 9.10 Å². The van der Waals surface area contributed by atoms with E-state index in [-0.39, 0.29) is 5.91 Å².